The summed E-state index contributed by atoms with van der Waals surface area (Å²) in [5.74, 6) is 0.700. The summed E-state index contributed by atoms with van der Waals surface area (Å²) >= 11 is 3.42. The number of carbonyl (C=O) groups excluding carboxylic acids is 1. The highest BCUT2D eigenvalue weighted by atomic mass is 32.1. The second-order valence-corrected chi connectivity index (χ2v) is 9.50. The minimum atomic E-state index is -0.0489. The number of aromatic nitrogens is 2. The first-order valence-corrected chi connectivity index (χ1v) is 11.5. The Labute approximate surface area is 173 Å². The minimum absolute atomic E-state index is 0.0489. The van der Waals surface area contributed by atoms with Gasteiger partial charge in [0.25, 0.3) is 0 Å². The number of allylic oxidation sites excluding steroid dienone is 2. The van der Waals surface area contributed by atoms with Gasteiger partial charge in [0.1, 0.15) is 0 Å². The Hall–Kier alpha value is -2.05. The van der Waals surface area contributed by atoms with Gasteiger partial charge in [0.05, 0.1) is 31.8 Å². The molecule has 4 nitrogen and oxygen atoms in total. The van der Waals surface area contributed by atoms with Gasteiger partial charge < -0.3 is 5.32 Å². The van der Waals surface area contributed by atoms with Crippen LogP contribution in [0.2, 0.25) is 0 Å². The Morgan fingerprint density at radius 1 is 1.21 bits per heavy atom. The van der Waals surface area contributed by atoms with Crippen molar-refractivity contribution in [2.45, 2.75) is 44.9 Å². The zero-order valence-corrected chi connectivity index (χ0v) is 17.9. The van der Waals surface area contributed by atoms with Gasteiger partial charge in [-0.15, -0.1) is 22.7 Å². The van der Waals surface area contributed by atoms with Crippen LogP contribution in [0.5, 0.6) is 0 Å². The summed E-state index contributed by atoms with van der Waals surface area (Å²) in [6.45, 7) is 4.94. The van der Waals surface area contributed by atoms with Gasteiger partial charge in [-0.3, -0.25) is 4.79 Å². The number of carbonyl (C=O) groups is 1. The van der Waals surface area contributed by atoms with E-state index in [9.17, 15) is 4.79 Å². The Bertz CT molecular complexity index is 956. The highest BCUT2D eigenvalue weighted by Gasteiger charge is 2.32. The number of thiazole rings is 2. The number of hydrogen-bond donors (Lipinski definition) is 1. The van der Waals surface area contributed by atoms with Gasteiger partial charge in [-0.25, -0.2) is 9.97 Å². The van der Waals surface area contributed by atoms with Crippen molar-refractivity contribution in [1.82, 2.24) is 15.3 Å². The molecule has 0 aliphatic heterocycles. The van der Waals surface area contributed by atoms with E-state index in [1.54, 1.807) is 22.7 Å². The number of fused-ring (bicyclic) bond motifs is 1. The number of para-hydroxylation sites is 1. The van der Waals surface area contributed by atoms with E-state index in [4.69, 9.17) is 4.98 Å². The number of rotatable bonds is 6. The molecule has 1 aliphatic carbocycles. The molecule has 0 spiro atoms. The Balaban J connectivity index is 1.40. The van der Waals surface area contributed by atoms with Crippen LogP contribution in [0.1, 0.15) is 54.2 Å². The number of hydrogen-bond acceptors (Lipinski definition) is 5. The van der Waals surface area contributed by atoms with Crippen molar-refractivity contribution < 1.29 is 4.79 Å². The molecule has 4 rings (SSSR count). The molecule has 1 aliphatic rings. The van der Waals surface area contributed by atoms with Crippen LogP contribution in [-0.2, 0) is 11.2 Å². The van der Waals surface area contributed by atoms with Crippen LogP contribution < -0.4 is 5.32 Å². The van der Waals surface area contributed by atoms with Gasteiger partial charge in [-0.1, -0.05) is 38.1 Å². The van der Waals surface area contributed by atoms with Crippen LogP contribution in [0.15, 0.2) is 41.8 Å². The smallest absolute Gasteiger partial charge is 0.224 e. The second kappa shape index (κ2) is 8.53. The standard InChI is InChI=1S/C22H25N3OS2/c1-14(2)21-24-15(13-27-21)11-12-23-20(26)16-7-3-4-8-17(16)22-25-18-9-5-6-10-19(18)28-22/h3-6,9-10,13-14,16-17H,7-8,11-12H2,1-2H3,(H,23,26). The summed E-state index contributed by atoms with van der Waals surface area (Å²) in [5.41, 5.74) is 2.10. The maximum absolute atomic E-state index is 12.9. The lowest BCUT2D eigenvalue weighted by atomic mass is 9.82. The number of nitrogens with one attached hydrogen (secondary N) is 1. The van der Waals surface area contributed by atoms with Crippen molar-refractivity contribution >= 4 is 38.8 Å². The predicted molar refractivity (Wildman–Crippen MR) is 117 cm³/mol. The average Bonchev–Trinajstić information content (AvgIpc) is 3.35. The second-order valence-electron chi connectivity index (χ2n) is 7.55. The fraction of sp³-hybridized carbons (Fsp3) is 0.409. The number of amides is 1. The molecular weight excluding hydrogens is 386 g/mol. The summed E-state index contributed by atoms with van der Waals surface area (Å²) in [6.07, 6.45) is 6.75. The van der Waals surface area contributed by atoms with Gasteiger partial charge in [0.15, 0.2) is 0 Å². The fourth-order valence-electron chi connectivity index (χ4n) is 3.57. The molecule has 3 aromatic rings. The zero-order chi connectivity index (χ0) is 19.5. The molecule has 2 aromatic heterocycles. The van der Waals surface area contributed by atoms with Gasteiger partial charge in [0, 0.05) is 30.2 Å². The van der Waals surface area contributed by atoms with E-state index in [1.807, 2.05) is 18.2 Å². The molecule has 1 amide bonds. The predicted octanol–water partition coefficient (Wildman–Crippen LogP) is 5.28. The third-order valence-electron chi connectivity index (χ3n) is 5.14. The van der Waals surface area contributed by atoms with Gasteiger partial charge in [0.2, 0.25) is 5.91 Å². The van der Waals surface area contributed by atoms with Crippen LogP contribution in [0.25, 0.3) is 10.2 Å². The van der Waals surface area contributed by atoms with Gasteiger partial charge in [-0.05, 0) is 25.0 Å². The van der Waals surface area contributed by atoms with Crippen molar-refractivity contribution in [2.75, 3.05) is 6.54 Å². The molecule has 6 heteroatoms. The Morgan fingerprint density at radius 2 is 2.04 bits per heavy atom. The molecule has 1 N–H and O–H groups in total. The molecule has 0 saturated heterocycles. The summed E-state index contributed by atoms with van der Waals surface area (Å²) < 4.78 is 1.19. The maximum atomic E-state index is 12.9. The highest BCUT2D eigenvalue weighted by molar-refractivity contribution is 7.18. The molecule has 0 bridgehead atoms. The molecule has 2 unspecified atom stereocenters. The first-order chi connectivity index (χ1) is 13.6. The van der Waals surface area contributed by atoms with E-state index in [2.05, 4.69) is 47.7 Å². The molecule has 2 heterocycles. The SMILES string of the molecule is CC(C)c1nc(CCNC(=O)C2CC=CCC2c2nc3ccccc3s2)cs1. The van der Waals surface area contributed by atoms with Crippen molar-refractivity contribution in [3.63, 3.8) is 0 Å². The van der Waals surface area contributed by atoms with E-state index in [-0.39, 0.29) is 17.7 Å². The Morgan fingerprint density at radius 3 is 2.82 bits per heavy atom. The minimum Gasteiger partial charge on any atom is -0.355 e. The average molecular weight is 412 g/mol. The normalized spacial score (nSPS) is 19.4. The summed E-state index contributed by atoms with van der Waals surface area (Å²) in [5, 5.41) is 7.48. The lowest BCUT2D eigenvalue weighted by molar-refractivity contribution is -0.125. The monoisotopic (exact) mass is 411 g/mol. The van der Waals surface area contributed by atoms with Gasteiger partial charge >= 0.3 is 0 Å². The van der Waals surface area contributed by atoms with E-state index < -0.39 is 0 Å². The van der Waals surface area contributed by atoms with E-state index >= 15 is 0 Å². The number of benzene rings is 1. The molecule has 146 valence electrons. The third kappa shape index (κ3) is 4.18. The lowest BCUT2D eigenvalue weighted by Crippen LogP contribution is -2.36. The van der Waals surface area contributed by atoms with Crippen LogP contribution in [0.4, 0.5) is 0 Å². The molecule has 2 atom stereocenters. The first kappa shape index (κ1) is 19.3. The molecule has 0 radical (unpaired) electrons. The van der Waals surface area contributed by atoms with Crippen molar-refractivity contribution in [1.29, 1.82) is 0 Å². The fourth-order valence-corrected chi connectivity index (χ4v) is 5.59. The molecule has 1 aromatic carbocycles. The zero-order valence-electron chi connectivity index (χ0n) is 16.2. The quantitative estimate of drug-likeness (QED) is 0.561. The van der Waals surface area contributed by atoms with E-state index in [0.717, 1.165) is 40.5 Å². The molecule has 0 fully saturated rings. The summed E-state index contributed by atoms with van der Waals surface area (Å²) in [4.78, 5) is 22.4. The number of nitrogens with zero attached hydrogens (tertiary/aromatic N) is 2. The third-order valence-corrected chi connectivity index (χ3v) is 7.50. The maximum Gasteiger partial charge on any atom is 0.224 e. The topological polar surface area (TPSA) is 54.9 Å². The van der Waals surface area contributed by atoms with Crippen molar-refractivity contribution in [3.05, 3.63) is 57.5 Å². The Kier molecular flexibility index (Phi) is 5.87. The molecule has 28 heavy (non-hydrogen) atoms. The largest absolute Gasteiger partial charge is 0.355 e. The molecule has 0 saturated carbocycles. The molecular formula is C22H25N3OS2. The van der Waals surface area contributed by atoms with Gasteiger partial charge in [-0.2, -0.15) is 0 Å². The van der Waals surface area contributed by atoms with Crippen molar-refractivity contribution in [3.8, 4) is 0 Å². The van der Waals surface area contributed by atoms with Crippen LogP contribution in [0, 0.1) is 5.92 Å². The van der Waals surface area contributed by atoms with Crippen LogP contribution >= 0.6 is 22.7 Å². The summed E-state index contributed by atoms with van der Waals surface area (Å²) in [6, 6.07) is 8.20. The van der Waals surface area contributed by atoms with Crippen LogP contribution in [0.3, 0.4) is 0 Å². The summed E-state index contributed by atoms with van der Waals surface area (Å²) in [7, 11) is 0. The van der Waals surface area contributed by atoms with Crippen molar-refractivity contribution in [2.24, 2.45) is 5.92 Å². The van der Waals surface area contributed by atoms with E-state index in [1.165, 1.54) is 4.70 Å². The van der Waals surface area contributed by atoms with Crippen LogP contribution in [-0.4, -0.2) is 22.4 Å². The van der Waals surface area contributed by atoms with E-state index in [0.29, 0.717) is 12.5 Å². The highest BCUT2D eigenvalue weighted by Crippen LogP contribution is 2.38. The lowest BCUT2D eigenvalue weighted by Gasteiger charge is -2.26. The first-order valence-electron chi connectivity index (χ1n) is 9.84.